The van der Waals surface area contributed by atoms with Crippen molar-refractivity contribution in [3.05, 3.63) is 28.8 Å². The van der Waals surface area contributed by atoms with Gasteiger partial charge in [-0.3, -0.25) is 24.6 Å². The smallest absolute Gasteiger partial charge is 0.250 e. The lowest BCUT2D eigenvalue weighted by Gasteiger charge is -2.29. The maximum Gasteiger partial charge on any atom is 0.250 e. The van der Waals surface area contributed by atoms with E-state index in [4.69, 9.17) is 4.74 Å². The number of fused-ring (bicyclic) bond motifs is 4. The molecule has 1 aromatic carbocycles. The van der Waals surface area contributed by atoms with E-state index in [0.717, 1.165) is 22.4 Å². The highest BCUT2D eigenvalue weighted by Crippen LogP contribution is 2.53. The molecule has 2 fully saturated rings. The third-order valence-electron chi connectivity index (χ3n) is 5.92. The number of benzene rings is 1. The number of nitrogens with zero attached hydrogens (tertiary/aromatic N) is 1. The predicted octanol–water partition coefficient (Wildman–Crippen LogP) is 0.690. The van der Waals surface area contributed by atoms with Crippen LogP contribution in [0, 0.1) is 25.7 Å². The molecule has 3 aliphatic rings. The van der Waals surface area contributed by atoms with Gasteiger partial charge in [0.25, 0.3) is 0 Å². The Morgan fingerprint density at radius 3 is 2.62 bits per heavy atom. The molecule has 26 heavy (non-hydrogen) atoms. The summed E-state index contributed by atoms with van der Waals surface area (Å²) >= 11 is 0. The van der Waals surface area contributed by atoms with Gasteiger partial charge in [-0.05, 0) is 26.3 Å². The van der Waals surface area contributed by atoms with Crippen molar-refractivity contribution in [2.75, 3.05) is 25.6 Å². The number of carbonyl (C=O) groups is 3. The zero-order chi connectivity index (χ0) is 18.8. The van der Waals surface area contributed by atoms with E-state index in [0.29, 0.717) is 0 Å². The molecule has 4 rings (SSSR count). The Morgan fingerprint density at radius 1 is 1.19 bits per heavy atom. The van der Waals surface area contributed by atoms with Crippen molar-refractivity contribution >= 4 is 23.4 Å². The Morgan fingerprint density at radius 2 is 1.92 bits per heavy atom. The van der Waals surface area contributed by atoms with Crippen molar-refractivity contribution in [1.29, 1.82) is 0 Å². The molecule has 2 saturated heterocycles. The molecule has 3 amide bonds. The molecule has 2 N–H and O–H groups in total. The van der Waals surface area contributed by atoms with Crippen LogP contribution in [-0.4, -0.2) is 48.9 Å². The van der Waals surface area contributed by atoms with Gasteiger partial charge in [-0.15, -0.1) is 0 Å². The number of likely N-dealkylation sites (tertiary alicyclic amines) is 1. The molecule has 7 nitrogen and oxygen atoms in total. The van der Waals surface area contributed by atoms with Crippen LogP contribution in [0.1, 0.15) is 23.6 Å². The van der Waals surface area contributed by atoms with Crippen molar-refractivity contribution in [3.63, 3.8) is 0 Å². The molecule has 0 radical (unpaired) electrons. The fourth-order valence-corrected chi connectivity index (χ4v) is 4.88. The molecule has 138 valence electrons. The average molecular weight is 357 g/mol. The molecule has 1 spiro atoms. The van der Waals surface area contributed by atoms with Crippen molar-refractivity contribution in [2.24, 2.45) is 11.8 Å². The van der Waals surface area contributed by atoms with Gasteiger partial charge in [0.1, 0.15) is 5.54 Å². The normalized spacial score (nSPS) is 32.4. The Bertz CT molecular complexity index is 836. The Labute approximate surface area is 152 Å². The number of methoxy groups -OCH3 is 1. The summed E-state index contributed by atoms with van der Waals surface area (Å²) < 4.78 is 5.03. The maximum atomic E-state index is 13.2. The minimum Gasteiger partial charge on any atom is -0.383 e. The van der Waals surface area contributed by atoms with Crippen LogP contribution < -0.4 is 10.6 Å². The van der Waals surface area contributed by atoms with E-state index in [9.17, 15) is 14.4 Å². The summed E-state index contributed by atoms with van der Waals surface area (Å²) in [7, 11) is 1.53. The summed E-state index contributed by atoms with van der Waals surface area (Å²) in [6.45, 7) is 6.27. The highest BCUT2D eigenvalue weighted by Gasteiger charge is 2.69. The van der Waals surface area contributed by atoms with Crippen molar-refractivity contribution in [2.45, 2.75) is 32.4 Å². The summed E-state index contributed by atoms with van der Waals surface area (Å²) in [5, 5.41) is 6.26. The van der Waals surface area contributed by atoms with E-state index in [1.54, 1.807) is 0 Å². The average Bonchev–Trinajstić information content (AvgIpc) is 3.13. The summed E-state index contributed by atoms with van der Waals surface area (Å²) in [5.74, 6) is -2.05. The SMILES string of the molecule is COCCN1C(=O)[C@@H]2[C@H](C)N[C@]3(C(=O)Nc4c(C)cc(C)cc43)[C@H]2C1=O. The minimum absolute atomic E-state index is 0.214. The van der Waals surface area contributed by atoms with Crippen molar-refractivity contribution in [3.8, 4) is 0 Å². The number of amides is 3. The van der Waals surface area contributed by atoms with Gasteiger partial charge < -0.3 is 10.1 Å². The van der Waals surface area contributed by atoms with Gasteiger partial charge in [-0.1, -0.05) is 17.7 Å². The first-order valence-electron chi connectivity index (χ1n) is 8.88. The zero-order valence-electron chi connectivity index (χ0n) is 15.4. The molecule has 0 aromatic heterocycles. The fraction of sp³-hybridized carbons (Fsp3) is 0.526. The topological polar surface area (TPSA) is 87.7 Å². The molecule has 7 heteroatoms. The first-order chi connectivity index (χ1) is 12.3. The molecule has 3 aliphatic heterocycles. The van der Waals surface area contributed by atoms with Gasteiger partial charge in [0.15, 0.2) is 0 Å². The van der Waals surface area contributed by atoms with Crippen LogP contribution >= 0.6 is 0 Å². The second-order valence-corrected chi connectivity index (χ2v) is 7.52. The Kier molecular flexibility index (Phi) is 3.71. The molecular weight excluding hydrogens is 334 g/mol. The van der Waals surface area contributed by atoms with Gasteiger partial charge >= 0.3 is 0 Å². The third kappa shape index (κ3) is 1.98. The van der Waals surface area contributed by atoms with Gasteiger partial charge in [0.2, 0.25) is 17.7 Å². The van der Waals surface area contributed by atoms with Crippen molar-refractivity contribution in [1.82, 2.24) is 10.2 Å². The van der Waals surface area contributed by atoms with E-state index in [2.05, 4.69) is 10.6 Å². The Balaban J connectivity index is 1.86. The zero-order valence-corrected chi connectivity index (χ0v) is 15.4. The quantitative estimate of drug-likeness (QED) is 0.777. The molecule has 0 unspecified atom stereocenters. The summed E-state index contributed by atoms with van der Waals surface area (Å²) in [4.78, 5) is 40.4. The largest absolute Gasteiger partial charge is 0.383 e. The van der Waals surface area contributed by atoms with Gasteiger partial charge in [0, 0.05) is 24.4 Å². The number of hydrogen-bond acceptors (Lipinski definition) is 5. The number of carbonyl (C=O) groups excluding carboxylic acids is 3. The second-order valence-electron chi connectivity index (χ2n) is 7.52. The van der Waals surface area contributed by atoms with Crippen LogP contribution in [0.25, 0.3) is 0 Å². The number of nitrogens with one attached hydrogen (secondary N) is 2. The fourth-order valence-electron chi connectivity index (χ4n) is 4.88. The number of ether oxygens (including phenoxy) is 1. The molecule has 0 bridgehead atoms. The first kappa shape index (κ1) is 17.2. The second kappa shape index (κ2) is 5.62. The van der Waals surface area contributed by atoms with Gasteiger partial charge in [-0.2, -0.15) is 0 Å². The lowest BCUT2D eigenvalue weighted by molar-refractivity contribution is -0.143. The van der Waals surface area contributed by atoms with E-state index >= 15 is 0 Å². The van der Waals surface area contributed by atoms with Crippen LogP contribution in [0.2, 0.25) is 0 Å². The molecule has 3 heterocycles. The third-order valence-corrected chi connectivity index (χ3v) is 5.92. The van der Waals surface area contributed by atoms with Gasteiger partial charge in [-0.25, -0.2) is 0 Å². The van der Waals surface area contributed by atoms with E-state index < -0.39 is 17.4 Å². The number of aryl methyl sites for hydroxylation is 2. The van der Waals surface area contributed by atoms with E-state index in [1.165, 1.54) is 12.0 Å². The standard InChI is InChI=1S/C19H23N3O4/c1-9-7-10(2)15-12(8-9)19(18(25)20-15)14-13(11(3)21-19)16(23)22(17(14)24)5-6-26-4/h7-8,11,13-14,21H,5-6H2,1-4H3,(H,20,25)/t11-,13+,14+,19-/m0/s1. The molecule has 4 atom stereocenters. The number of imide groups is 1. The highest BCUT2D eigenvalue weighted by atomic mass is 16.5. The molecule has 0 aliphatic carbocycles. The van der Waals surface area contributed by atoms with Crippen LogP contribution in [-0.2, 0) is 24.7 Å². The molecule has 1 aromatic rings. The summed E-state index contributed by atoms with van der Waals surface area (Å²) in [6.07, 6.45) is 0. The molecular formula is C19H23N3O4. The first-order valence-corrected chi connectivity index (χ1v) is 8.88. The Hall–Kier alpha value is -2.25. The van der Waals surface area contributed by atoms with E-state index in [-0.39, 0.29) is 36.9 Å². The van der Waals surface area contributed by atoms with Crippen LogP contribution in [0.15, 0.2) is 12.1 Å². The monoisotopic (exact) mass is 357 g/mol. The lowest BCUT2D eigenvalue weighted by atomic mass is 9.76. The summed E-state index contributed by atoms with van der Waals surface area (Å²) in [6, 6.07) is 3.67. The number of rotatable bonds is 3. The maximum absolute atomic E-state index is 13.2. The van der Waals surface area contributed by atoms with Gasteiger partial charge in [0.05, 0.1) is 25.0 Å². The predicted molar refractivity (Wildman–Crippen MR) is 94.4 cm³/mol. The van der Waals surface area contributed by atoms with E-state index in [1.807, 2.05) is 32.9 Å². The minimum atomic E-state index is -1.19. The number of anilines is 1. The summed E-state index contributed by atoms with van der Waals surface area (Å²) in [5.41, 5.74) is 2.30. The van der Waals surface area contributed by atoms with Crippen LogP contribution in [0.3, 0.4) is 0 Å². The molecule has 0 saturated carbocycles. The van der Waals surface area contributed by atoms with Crippen LogP contribution in [0.4, 0.5) is 5.69 Å². The lowest BCUT2D eigenvalue weighted by Crippen LogP contribution is -2.53. The number of hydrogen-bond donors (Lipinski definition) is 2. The highest BCUT2D eigenvalue weighted by molar-refractivity contribution is 6.15. The van der Waals surface area contributed by atoms with Crippen molar-refractivity contribution < 1.29 is 19.1 Å². The van der Waals surface area contributed by atoms with Crippen LogP contribution in [0.5, 0.6) is 0 Å².